The van der Waals surface area contributed by atoms with Gasteiger partial charge in [0.15, 0.2) is 11.6 Å². The molecule has 0 aliphatic carbocycles. The van der Waals surface area contributed by atoms with Gasteiger partial charge in [-0.15, -0.1) is 0 Å². The van der Waals surface area contributed by atoms with Gasteiger partial charge in [0.2, 0.25) is 0 Å². The zero-order valence-electron chi connectivity index (χ0n) is 11.3. The molecule has 1 N–H and O–H groups in total. The molecule has 0 fully saturated rings. The number of hydrogen-bond acceptors (Lipinski definition) is 2. The van der Waals surface area contributed by atoms with E-state index in [1.807, 2.05) is 19.2 Å². The first-order chi connectivity index (χ1) is 9.70. The van der Waals surface area contributed by atoms with Gasteiger partial charge in [0.1, 0.15) is 6.61 Å². The van der Waals surface area contributed by atoms with Crippen LogP contribution in [0.25, 0.3) is 0 Å². The van der Waals surface area contributed by atoms with E-state index >= 15 is 0 Å². The minimum atomic E-state index is -0.514. The fourth-order valence-electron chi connectivity index (χ4n) is 1.83. The van der Waals surface area contributed by atoms with E-state index in [-0.39, 0.29) is 10.8 Å². The van der Waals surface area contributed by atoms with E-state index in [0.717, 1.165) is 18.5 Å². The summed E-state index contributed by atoms with van der Waals surface area (Å²) in [6, 6.07) is 12.8. The Kier molecular flexibility index (Phi) is 5.39. The van der Waals surface area contributed by atoms with Crippen LogP contribution < -0.4 is 10.1 Å². The number of rotatable bonds is 6. The third-order valence-electron chi connectivity index (χ3n) is 3.00. The molecular weight excluding hydrogens is 277 g/mol. The summed E-state index contributed by atoms with van der Waals surface area (Å²) in [4.78, 5) is 0. The Morgan fingerprint density at radius 3 is 2.50 bits per heavy atom. The Balaban J connectivity index is 1.95. The molecular formula is C16H17ClFNO. The molecule has 0 saturated carbocycles. The summed E-state index contributed by atoms with van der Waals surface area (Å²) in [7, 11) is 1.93. The lowest BCUT2D eigenvalue weighted by molar-refractivity contribution is 0.290. The largest absolute Gasteiger partial charge is 0.486 e. The smallest absolute Gasteiger partial charge is 0.183 e. The maximum absolute atomic E-state index is 13.6. The van der Waals surface area contributed by atoms with Crippen LogP contribution in [0.4, 0.5) is 4.39 Å². The average molecular weight is 294 g/mol. The zero-order chi connectivity index (χ0) is 14.4. The van der Waals surface area contributed by atoms with Crippen molar-refractivity contribution in [2.45, 2.75) is 13.0 Å². The first-order valence-corrected chi connectivity index (χ1v) is 6.87. The maximum Gasteiger partial charge on any atom is 0.183 e. The van der Waals surface area contributed by atoms with Crippen molar-refractivity contribution in [2.75, 3.05) is 13.6 Å². The number of benzene rings is 2. The minimum Gasteiger partial charge on any atom is -0.486 e. The van der Waals surface area contributed by atoms with Crippen LogP contribution in [0.1, 0.15) is 11.1 Å². The van der Waals surface area contributed by atoms with E-state index in [1.54, 1.807) is 12.1 Å². The van der Waals surface area contributed by atoms with Crippen LogP contribution in [0.15, 0.2) is 42.5 Å². The van der Waals surface area contributed by atoms with Crippen LogP contribution in [-0.4, -0.2) is 13.6 Å². The molecule has 2 aromatic rings. The van der Waals surface area contributed by atoms with E-state index in [4.69, 9.17) is 16.3 Å². The van der Waals surface area contributed by atoms with E-state index in [1.165, 1.54) is 11.6 Å². The normalized spacial score (nSPS) is 10.6. The predicted octanol–water partition coefficient (Wildman–Crippen LogP) is 3.82. The van der Waals surface area contributed by atoms with Gasteiger partial charge in [0, 0.05) is 0 Å². The van der Waals surface area contributed by atoms with Crippen molar-refractivity contribution in [3.05, 3.63) is 64.4 Å². The molecule has 0 radical (unpaired) electrons. The SMILES string of the molecule is CNCCc1ccc(COc2cccc(Cl)c2F)cc1. The van der Waals surface area contributed by atoms with Gasteiger partial charge in [-0.1, -0.05) is 41.9 Å². The van der Waals surface area contributed by atoms with Crippen LogP contribution >= 0.6 is 11.6 Å². The van der Waals surface area contributed by atoms with Crippen molar-refractivity contribution < 1.29 is 9.13 Å². The number of likely N-dealkylation sites (N-methyl/N-ethyl adjacent to an activating group) is 1. The Hall–Kier alpha value is -1.58. The Morgan fingerprint density at radius 1 is 1.10 bits per heavy atom. The molecule has 0 amide bonds. The molecule has 0 atom stereocenters. The molecule has 2 nitrogen and oxygen atoms in total. The van der Waals surface area contributed by atoms with Crippen LogP contribution in [0.2, 0.25) is 5.02 Å². The maximum atomic E-state index is 13.6. The molecule has 4 heteroatoms. The van der Waals surface area contributed by atoms with Gasteiger partial charge in [0.05, 0.1) is 5.02 Å². The molecule has 0 unspecified atom stereocenters. The highest BCUT2D eigenvalue weighted by atomic mass is 35.5. The number of nitrogens with one attached hydrogen (secondary N) is 1. The monoisotopic (exact) mass is 293 g/mol. The van der Waals surface area contributed by atoms with E-state index < -0.39 is 5.82 Å². The highest BCUT2D eigenvalue weighted by Gasteiger charge is 2.07. The molecule has 0 heterocycles. The molecule has 0 aliphatic heterocycles. The number of halogens is 2. The molecule has 0 bridgehead atoms. The number of hydrogen-bond donors (Lipinski definition) is 1. The van der Waals surface area contributed by atoms with E-state index in [9.17, 15) is 4.39 Å². The Bertz CT molecular complexity index is 557. The molecule has 0 spiro atoms. The standard InChI is InChI=1S/C16H17ClFNO/c1-19-10-9-12-5-7-13(8-6-12)11-20-15-4-2-3-14(17)16(15)18/h2-8,19H,9-11H2,1H3. The molecule has 2 rings (SSSR count). The molecule has 0 aromatic heterocycles. The first kappa shape index (κ1) is 14.8. The average Bonchev–Trinajstić information content (AvgIpc) is 2.48. The summed E-state index contributed by atoms with van der Waals surface area (Å²) >= 11 is 5.70. The van der Waals surface area contributed by atoms with Crippen LogP contribution in [-0.2, 0) is 13.0 Å². The van der Waals surface area contributed by atoms with Gasteiger partial charge in [-0.05, 0) is 43.3 Å². The summed E-state index contributed by atoms with van der Waals surface area (Å²) < 4.78 is 19.1. The highest BCUT2D eigenvalue weighted by Crippen LogP contribution is 2.24. The van der Waals surface area contributed by atoms with E-state index in [2.05, 4.69) is 17.4 Å². The summed E-state index contributed by atoms with van der Waals surface area (Å²) in [6.07, 6.45) is 0.987. The molecule has 0 saturated heterocycles. The highest BCUT2D eigenvalue weighted by molar-refractivity contribution is 6.30. The summed E-state index contributed by atoms with van der Waals surface area (Å²) in [5.41, 5.74) is 2.26. The topological polar surface area (TPSA) is 21.3 Å². The van der Waals surface area contributed by atoms with Gasteiger partial charge in [-0.25, -0.2) is 4.39 Å². The second-order valence-electron chi connectivity index (χ2n) is 4.51. The van der Waals surface area contributed by atoms with Crippen LogP contribution in [0, 0.1) is 5.82 Å². The van der Waals surface area contributed by atoms with Crippen molar-refractivity contribution in [3.8, 4) is 5.75 Å². The lowest BCUT2D eigenvalue weighted by Crippen LogP contribution is -2.10. The van der Waals surface area contributed by atoms with Gasteiger partial charge >= 0.3 is 0 Å². The van der Waals surface area contributed by atoms with E-state index in [0.29, 0.717) is 6.61 Å². The third-order valence-corrected chi connectivity index (χ3v) is 3.29. The summed E-state index contributed by atoms with van der Waals surface area (Å²) in [5.74, 6) is -0.337. The van der Waals surface area contributed by atoms with Gasteiger partial charge in [-0.3, -0.25) is 0 Å². The molecule has 106 valence electrons. The summed E-state index contributed by atoms with van der Waals surface area (Å²) in [5, 5.41) is 3.18. The van der Waals surface area contributed by atoms with Crippen LogP contribution in [0.5, 0.6) is 5.75 Å². The third kappa shape index (κ3) is 3.95. The number of ether oxygens (including phenoxy) is 1. The fraction of sp³-hybridized carbons (Fsp3) is 0.250. The predicted molar refractivity (Wildman–Crippen MR) is 79.8 cm³/mol. The second kappa shape index (κ2) is 7.27. The van der Waals surface area contributed by atoms with Crippen molar-refractivity contribution in [1.29, 1.82) is 0 Å². The van der Waals surface area contributed by atoms with Crippen LogP contribution in [0.3, 0.4) is 0 Å². The van der Waals surface area contributed by atoms with Crippen molar-refractivity contribution >= 4 is 11.6 Å². The molecule has 2 aromatic carbocycles. The van der Waals surface area contributed by atoms with Crippen molar-refractivity contribution in [1.82, 2.24) is 5.32 Å². The lowest BCUT2D eigenvalue weighted by Gasteiger charge is -2.08. The minimum absolute atomic E-state index is 0.0740. The lowest BCUT2D eigenvalue weighted by atomic mass is 10.1. The second-order valence-corrected chi connectivity index (χ2v) is 4.92. The fourth-order valence-corrected chi connectivity index (χ4v) is 1.99. The first-order valence-electron chi connectivity index (χ1n) is 6.50. The summed E-state index contributed by atoms with van der Waals surface area (Å²) in [6.45, 7) is 1.27. The van der Waals surface area contributed by atoms with Gasteiger partial charge < -0.3 is 10.1 Å². The van der Waals surface area contributed by atoms with Gasteiger partial charge in [-0.2, -0.15) is 0 Å². The molecule has 0 aliphatic rings. The quantitative estimate of drug-likeness (QED) is 0.874. The zero-order valence-corrected chi connectivity index (χ0v) is 12.1. The molecule has 20 heavy (non-hydrogen) atoms. The van der Waals surface area contributed by atoms with Crippen molar-refractivity contribution in [2.24, 2.45) is 0 Å². The Labute approximate surface area is 123 Å². The van der Waals surface area contributed by atoms with Crippen molar-refractivity contribution in [3.63, 3.8) is 0 Å². The Morgan fingerprint density at radius 2 is 1.80 bits per heavy atom. The van der Waals surface area contributed by atoms with Gasteiger partial charge in [0.25, 0.3) is 0 Å².